The molecule has 1 saturated heterocycles. The molecule has 2 aromatic rings. The van der Waals surface area contributed by atoms with Crippen molar-refractivity contribution in [1.82, 2.24) is 4.31 Å². The van der Waals surface area contributed by atoms with Crippen LogP contribution in [0.5, 0.6) is 11.5 Å². The summed E-state index contributed by atoms with van der Waals surface area (Å²) >= 11 is 0. The fourth-order valence-corrected chi connectivity index (χ4v) is 5.82. The van der Waals surface area contributed by atoms with Crippen molar-refractivity contribution in [2.45, 2.75) is 43.6 Å². The van der Waals surface area contributed by atoms with Crippen molar-refractivity contribution in [2.24, 2.45) is 0 Å². The minimum atomic E-state index is -3.80. The Morgan fingerprint density at radius 2 is 1.85 bits per heavy atom. The highest BCUT2D eigenvalue weighted by Gasteiger charge is 2.30. The Hall–Kier alpha value is -2.62. The van der Waals surface area contributed by atoms with Gasteiger partial charge >= 0.3 is 0 Å². The number of sulfonamides is 1. The summed E-state index contributed by atoms with van der Waals surface area (Å²) in [5.41, 5.74) is 2.81. The van der Waals surface area contributed by atoms with E-state index in [1.165, 1.54) is 35.0 Å². The molecule has 0 unspecified atom stereocenters. The second-order valence-corrected chi connectivity index (χ2v) is 10.1. The molecule has 1 fully saturated rings. The van der Waals surface area contributed by atoms with Crippen LogP contribution in [0, 0.1) is 0 Å². The highest BCUT2D eigenvalue weighted by molar-refractivity contribution is 7.89. The maximum absolute atomic E-state index is 13.2. The maximum atomic E-state index is 13.2. The van der Waals surface area contributed by atoms with Gasteiger partial charge in [-0.1, -0.05) is 12.1 Å². The van der Waals surface area contributed by atoms with Gasteiger partial charge in [0.1, 0.15) is 16.4 Å². The number of nitrogens with zero attached hydrogens (tertiary/aromatic N) is 1. The van der Waals surface area contributed by atoms with Gasteiger partial charge in [-0.05, 0) is 68.0 Å². The number of morpholine rings is 1. The molecule has 1 amide bonds. The van der Waals surface area contributed by atoms with Crippen LogP contribution in [0.1, 0.15) is 30.9 Å². The fourth-order valence-electron chi connectivity index (χ4n) is 4.23. The van der Waals surface area contributed by atoms with Crippen LogP contribution >= 0.6 is 0 Å². The molecule has 9 heteroatoms. The largest absolute Gasteiger partial charge is 0.495 e. The van der Waals surface area contributed by atoms with E-state index >= 15 is 0 Å². The van der Waals surface area contributed by atoms with Crippen molar-refractivity contribution in [3.8, 4) is 11.5 Å². The average molecular weight is 475 g/mol. The van der Waals surface area contributed by atoms with E-state index in [-0.39, 0.29) is 29.6 Å². The van der Waals surface area contributed by atoms with Crippen molar-refractivity contribution in [1.29, 1.82) is 0 Å². The van der Waals surface area contributed by atoms with Crippen molar-refractivity contribution < 1.29 is 27.4 Å². The Bertz CT molecular complexity index is 1110. The zero-order valence-corrected chi connectivity index (χ0v) is 19.8. The summed E-state index contributed by atoms with van der Waals surface area (Å²) in [6, 6.07) is 10.6. The van der Waals surface area contributed by atoms with E-state index in [0.29, 0.717) is 18.9 Å². The van der Waals surface area contributed by atoms with Gasteiger partial charge in [0.25, 0.3) is 5.91 Å². The van der Waals surface area contributed by atoms with Gasteiger partial charge in [-0.2, -0.15) is 4.31 Å². The highest BCUT2D eigenvalue weighted by Crippen LogP contribution is 2.32. The summed E-state index contributed by atoms with van der Waals surface area (Å²) in [6.07, 6.45) is 3.50. The number of carbonyl (C=O) groups excluding carboxylic acids is 1. The molecular formula is C24H30N2O6S. The van der Waals surface area contributed by atoms with Gasteiger partial charge in [-0.3, -0.25) is 4.79 Å². The number of aryl methyl sites for hydroxylation is 1. The van der Waals surface area contributed by atoms with Gasteiger partial charge in [-0.15, -0.1) is 0 Å². The predicted molar refractivity (Wildman–Crippen MR) is 124 cm³/mol. The third kappa shape index (κ3) is 5.15. The lowest BCUT2D eigenvalue weighted by Crippen LogP contribution is -2.40. The van der Waals surface area contributed by atoms with Gasteiger partial charge < -0.3 is 19.5 Å². The van der Waals surface area contributed by atoms with Crippen LogP contribution in [0.4, 0.5) is 5.69 Å². The van der Waals surface area contributed by atoms with E-state index in [0.717, 1.165) is 25.0 Å². The Balaban J connectivity index is 1.51. The van der Waals surface area contributed by atoms with E-state index < -0.39 is 16.1 Å². The lowest BCUT2D eigenvalue weighted by molar-refractivity contribution is -0.122. The number of rotatable bonds is 7. The molecule has 0 aromatic heterocycles. The SMILES string of the molecule is COc1ccc(NC(=O)[C@H](C)Oc2cccc3c2CCCC3)cc1S(=O)(=O)N1CCOCC1. The van der Waals surface area contributed by atoms with Crippen LogP contribution < -0.4 is 14.8 Å². The quantitative estimate of drug-likeness (QED) is 0.663. The first kappa shape index (κ1) is 23.5. The van der Waals surface area contributed by atoms with Crippen molar-refractivity contribution >= 4 is 21.6 Å². The Kier molecular flexibility index (Phi) is 7.21. The molecule has 0 bridgehead atoms. The second kappa shape index (κ2) is 10.1. The van der Waals surface area contributed by atoms with Gasteiger partial charge in [0.15, 0.2) is 6.10 Å². The minimum Gasteiger partial charge on any atom is -0.495 e. The number of amides is 1. The summed E-state index contributed by atoms with van der Waals surface area (Å²) in [7, 11) is -2.38. The van der Waals surface area contributed by atoms with E-state index in [4.69, 9.17) is 14.2 Å². The smallest absolute Gasteiger partial charge is 0.265 e. The van der Waals surface area contributed by atoms with E-state index in [2.05, 4.69) is 11.4 Å². The zero-order valence-electron chi connectivity index (χ0n) is 19.0. The number of carbonyl (C=O) groups is 1. The number of benzene rings is 2. The normalized spacial score (nSPS) is 17.6. The molecule has 1 heterocycles. The van der Waals surface area contributed by atoms with Gasteiger partial charge in [0.2, 0.25) is 10.0 Å². The summed E-state index contributed by atoms with van der Waals surface area (Å²) in [6.45, 7) is 2.92. The molecule has 4 rings (SSSR count). The Morgan fingerprint density at radius 3 is 2.61 bits per heavy atom. The molecule has 2 aliphatic rings. The third-order valence-corrected chi connectivity index (χ3v) is 7.96. The maximum Gasteiger partial charge on any atom is 0.265 e. The van der Waals surface area contributed by atoms with Crippen LogP contribution in [0.3, 0.4) is 0 Å². The molecule has 8 nitrogen and oxygen atoms in total. The molecule has 1 N–H and O–H groups in total. The number of methoxy groups -OCH3 is 1. The van der Waals surface area contributed by atoms with Crippen LogP contribution in [0.25, 0.3) is 0 Å². The molecule has 1 atom stereocenters. The number of hydrogen-bond donors (Lipinski definition) is 1. The molecule has 1 aliphatic heterocycles. The first-order chi connectivity index (χ1) is 15.9. The molecule has 0 saturated carbocycles. The summed E-state index contributed by atoms with van der Waals surface area (Å²) < 4.78 is 44.3. The molecule has 0 spiro atoms. The third-order valence-electron chi connectivity index (χ3n) is 6.04. The van der Waals surface area contributed by atoms with Crippen molar-refractivity contribution in [3.05, 3.63) is 47.5 Å². The summed E-state index contributed by atoms with van der Waals surface area (Å²) in [5, 5.41) is 2.78. The zero-order chi connectivity index (χ0) is 23.4. The first-order valence-electron chi connectivity index (χ1n) is 11.2. The predicted octanol–water partition coefficient (Wildman–Crippen LogP) is 3.00. The number of anilines is 1. The van der Waals surface area contributed by atoms with Crippen LogP contribution in [0.2, 0.25) is 0 Å². The number of fused-ring (bicyclic) bond motifs is 1. The molecule has 178 valence electrons. The fraction of sp³-hybridized carbons (Fsp3) is 0.458. The van der Waals surface area contributed by atoms with Crippen molar-refractivity contribution in [3.63, 3.8) is 0 Å². The van der Waals surface area contributed by atoms with Gasteiger partial charge in [0, 0.05) is 18.8 Å². The van der Waals surface area contributed by atoms with Gasteiger partial charge in [0.05, 0.1) is 20.3 Å². The number of hydrogen-bond acceptors (Lipinski definition) is 6. The molecular weight excluding hydrogens is 444 g/mol. The first-order valence-corrected chi connectivity index (χ1v) is 12.7. The second-order valence-electron chi connectivity index (χ2n) is 8.23. The molecule has 33 heavy (non-hydrogen) atoms. The molecule has 0 radical (unpaired) electrons. The lowest BCUT2D eigenvalue weighted by atomic mass is 9.91. The standard InChI is InChI=1S/C24H30N2O6S/c1-17(32-21-9-5-7-18-6-3-4-8-20(18)21)24(27)25-19-10-11-22(30-2)23(16-19)33(28,29)26-12-14-31-15-13-26/h5,7,9-11,16-17H,3-4,6,8,12-15H2,1-2H3,(H,25,27)/t17-/m0/s1. The Labute approximate surface area is 194 Å². The van der Waals surface area contributed by atoms with E-state index in [1.807, 2.05) is 12.1 Å². The molecule has 1 aliphatic carbocycles. The van der Waals surface area contributed by atoms with Crippen molar-refractivity contribution in [2.75, 3.05) is 38.7 Å². The van der Waals surface area contributed by atoms with Gasteiger partial charge in [-0.25, -0.2) is 8.42 Å². The summed E-state index contributed by atoms with van der Waals surface area (Å²) in [4.78, 5) is 12.9. The number of ether oxygens (including phenoxy) is 3. The highest BCUT2D eigenvalue weighted by atomic mass is 32.2. The van der Waals surface area contributed by atoms with E-state index in [1.54, 1.807) is 19.1 Å². The lowest BCUT2D eigenvalue weighted by Gasteiger charge is -2.27. The van der Waals surface area contributed by atoms with Crippen LogP contribution in [0.15, 0.2) is 41.3 Å². The monoisotopic (exact) mass is 474 g/mol. The molecule has 2 aromatic carbocycles. The Morgan fingerprint density at radius 1 is 1.09 bits per heavy atom. The summed E-state index contributed by atoms with van der Waals surface area (Å²) in [5.74, 6) is 0.600. The van der Waals surface area contributed by atoms with E-state index in [9.17, 15) is 13.2 Å². The number of nitrogens with one attached hydrogen (secondary N) is 1. The topological polar surface area (TPSA) is 94.2 Å². The average Bonchev–Trinajstić information content (AvgIpc) is 2.84. The van der Waals surface area contributed by atoms with Crippen LogP contribution in [-0.2, 0) is 32.4 Å². The minimum absolute atomic E-state index is 0.00963. The van der Waals surface area contributed by atoms with Crippen LogP contribution in [-0.4, -0.2) is 58.1 Å².